The minimum absolute atomic E-state index is 0.00786. The van der Waals surface area contributed by atoms with Crippen LogP contribution in [0.15, 0.2) is 46.6 Å². The number of cyclic esters (lactones) is 1. The Bertz CT molecular complexity index is 1140. The van der Waals surface area contributed by atoms with E-state index in [2.05, 4.69) is 10.3 Å². The molecule has 0 radical (unpaired) electrons. The third-order valence-electron chi connectivity index (χ3n) is 6.83. The molecule has 0 unspecified atom stereocenters. The molecule has 2 bridgehead atoms. The molecule has 1 fully saturated rings. The van der Waals surface area contributed by atoms with Gasteiger partial charge in [0.25, 0.3) is 5.91 Å². The van der Waals surface area contributed by atoms with Crippen LogP contribution in [0.1, 0.15) is 56.4 Å². The van der Waals surface area contributed by atoms with Crippen LogP contribution >= 0.6 is 0 Å². The lowest BCUT2D eigenvalue weighted by Crippen LogP contribution is -2.45. The summed E-state index contributed by atoms with van der Waals surface area (Å²) in [6.45, 7) is 6.34. The van der Waals surface area contributed by atoms with Gasteiger partial charge in [-0.3, -0.25) is 14.4 Å². The standard InChI is InChI=1S/C28H38N4O7/c1-17-6-4-10-30-24(35)9-8-18(2)26(19(3)15-29)39-28(37)23-7-5-11-32(23)27(36)22-16-38-25(31-22)14-21(34)13-20(33)12-17/h4,6,8-9,12,16,18-20,23,26,33H,5,7,10-11,13-15,29H2,1-3H3,(H,30,35)/b6-4+,9-8+,17-12+/t18-,19-,20-,23-,26+/m1/s1. The summed E-state index contributed by atoms with van der Waals surface area (Å²) in [7, 11) is 0. The van der Waals surface area contributed by atoms with Gasteiger partial charge >= 0.3 is 5.97 Å². The normalized spacial score (nSPS) is 30.0. The average Bonchev–Trinajstić information content (AvgIpc) is 3.57. The maximum Gasteiger partial charge on any atom is 0.329 e. The highest BCUT2D eigenvalue weighted by atomic mass is 16.5. The smallest absolute Gasteiger partial charge is 0.329 e. The number of hydrogen-bond donors (Lipinski definition) is 3. The molecule has 0 spiro atoms. The molecule has 1 aromatic rings. The number of nitrogens with one attached hydrogen (secondary N) is 1. The van der Waals surface area contributed by atoms with Gasteiger partial charge in [-0.2, -0.15) is 0 Å². The number of aliphatic hydroxyl groups is 1. The molecule has 4 N–H and O–H groups in total. The fraction of sp³-hybridized carbons (Fsp3) is 0.536. The minimum Gasteiger partial charge on any atom is -0.460 e. The molecule has 11 nitrogen and oxygen atoms in total. The number of nitrogens with zero attached hydrogens (tertiary/aromatic N) is 2. The SMILES string of the molecule is CC1=C\[C@@H](O)CC(=O)Cc2nc(co2)C(=O)N2CCC[C@@H]2C(=O)O[C@H]([C@H](C)CN)[C@H](C)/C=C/C(=O)NC\C=C\1. The molecule has 3 rings (SSSR count). The molecule has 39 heavy (non-hydrogen) atoms. The zero-order chi connectivity index (χ0) is 28.5. The van der Waals surface area contributed by atoms with Crippen molar-refractivity contribution < 1.29 is 33.4 Å². The number of allylic oxidation sites excluding steroid dienone is 2. The van der Waals surface area contributed by atoms with Gasteiger partial charge in [0.1, 0.15) is 24.2 Å². The van der Waals surface area contributed by atoms with E-state index >= 15 is 0 Å². The lowest BCUT2D eigenvalue weighted by atomic mass is 9.92. The van der Waals surface area contributed by atoms with Crippen molar-refractivity contribution in [3.63, 3.8) is 0 Å². The number of carbonyl (C=O) groups excluding carboxylic acids is 4. The van der Waals surface area contributed by atoms with Crippen molar-refractivity contribution in [3.8, 4) is 0 Å². The van der Waals surface area contributed by atoms with E-state index in [4.69, 9.17) is 14.9 Å². The number of amides is 2. The van der Waals surface area contributed by atoms with Crippen molar-refractivity contribution >= 4 is 23.6 Å². The van der Waals surface area contributed by atoms with Gasteiger partial charge in [0.2, 0.25) is 11.8 Å². The molecule has 0 saturated carbocycles. The Labute approximate surface area is 228 Å². The summed E-state index contributed by atoms with van der Waals surface area (Å²) in [5.41, 5.74) is 6.60. The lowest BCUT2D eigenvalue weighted by Gasteiger charge is -2.30. The third-order valence-corrected chi connectivity index (χ3v) is 6.83. The maximum absolute atomic E-state index is 13.2. The lowest BCUT2D eigenvalue weighted by molar-refractivity contribution is -0.158. The van der Waals surface area contributed by atoms with E-state index in [0.717, 1.165) is 5.57 Å². The summed E-state index contributed by atoms with van der Waals surface area (Å²) in [5.74, 6) is -2.12. The summed E-state index contributed by atoms with van der Waals surface area (Å²) < 4.78 is 11.2. The first kappa shape index (κ1) is 30.0. The van der Waals surface area contributed by atoms with E-state index in [9.17, 15) is 24.3 Å². The van der Waals surface area contributed by atoms with Gasteiger partial charge < -0.3 is 30.2 Å². The van der Waals surface area contributed by atoms with Crippen LogP contribution < -0.4 is 11.1 Å². The quantitative estimate of drug-likeness (QED) is 0.469. The van der Waals surface area contributed by atoms with Gasteiger partial charge in [0, 0.05) is 31.3 Å². The Kier molecular flexibility index (Phi) is 10.8. The minimum atomic E-state index is -1.01. The number of aromatic nitrogens is 1. The number of esters is 1. The zero-order valence-electron chi connectivity index (χ0n) is 22.7. The number of nitrogens with two attached hydrogens (primary N) is 1. The zero-order valence-corrected chi connectivity index (χ0v) is 22.7. The van der Waals surface area contributed by atoms with Crippen LogP contribution in [0.5, 0.6) is 0 Å². The average molecular weight is 543 g/mol. The largest absolute Gasteiger partial charge is 0.460 e. The summed E-state index contributed by atoms with van der Waals surface area (Å²) in [6, 6.07) is -0.801. The molecule has 1 saturated heterocycles. The first-order chi connectivity index (χ1) is 18.6. The Morgan fingerprint density at radius 3 is 2.77 bits per heavy atom. The van der Waals surface area contributed by atoms with Gasteiger partial charge in [0.05, 0.1) is 12.5 Å². The van der Waals surface area contributed by atoms with E-state index in [1.54, 1.807) is 31.2 Å². The monoisotopic (exact) mass is 542 g/mol. The fourth-order valence-electron chi connectivity index (χ4n) is 4.68. The van der Waals surface area contributed by atoms with Crippen molar-refractivity contribution in [2.45, 2.75) is 64.7 Å². The van der Waals surface area contributed by atoms with Crippen LogP contribution in [0.2, 0.25) is 0 Å². The molecule has 0 aromatic carbocycles. The Morgan fingerprint density at radius 2 is 2.03 bits per heavy atom. The van der Waals surface area contributed by atoms with Crippen LogP contribution in [0.3, 0.4) is 0 Å². The van der Waals surface area contributed by atoms with Gasteiger partial charge in [0.15, 0.2) is 5.69 Å². The molecular weight excluding hydrogens is 504 g/mol. The van der Waals surface area contributed by atoms with Gasteiger partial charge in [-0.05, 0) is 32.4 Å². The second-order valence-electron chi connectivity index (χ2n) is 10.2. The Morgan fingerprint density at radius 1 is 1.26 bits per heavy atom. The van der Waals surface area contributed by atoms with Crippen LogP contribution in [-0.2, 0) is 25.5 Å². The van der Waals surface area contributed by atoms with E-state index in [-0.39, 0.29) is 61.0 Å². The first-order valence-electron chi connectivity index (χ1n) is 13.3. The molecule has 11 heteroatoms. The first-order valence-corrected chi connectivity index (χ1v) is 13.3. The van der Waals surface area contributed by atoms with Crippen molar-refractivity contribution in [2.75, 3.05) is 19.6 Å². The number of rotatable bonds is 2. The highest BCUT2D eigenvalue weighted by Crippen LogP contribution is 2.25. The molecule has 0 aliphatic carbocycles. The molecule has 1 aromatic heterocycles. The van der Waals surface area contributed by atoms with Gasteiger partial charge in [-0.1, -0.05) is 43.7 Å². The molecule has 2 amide bonds. The predicted octanol–water partition coefficient (Wildman–Crippen LogP) is 1.47. The number of aliphatic hydroxyl groups excluding tert-OH is 1. The van der Waals surface area contributed by atoms with E-state index in [1.165, 1.54) is 17.2 Å². The summed E-state index contributed by atoms with van der Waals surface area (Å²) >= 11 is 0. The molecule has 5 atom stereocenters. The summed E-state index contributed by atoms with van der Waals surface area (Å²) in [4.78, 5) is 56.8. The van der Waals surface area contributed by atoms with Crippen LogP contribution in [-0.4, -0.2) is 76.4 Å². The summed E-state index contributed by atoms with van der Waals surface area (Å²) in [5, 5.41) is 13.0. The van der Waals surface area contributed by atoms with Crippen LogP contribution in [0, 0.1) is 11.8 Å². The predicted molar refractivity (Wildman–Crippen MR) is 142 cm³/mol. The number of carbonyl (C=O) groups is 4. The highest BCUT2D eigenvalue weighted by Gasteiger charge is 2.39. The fourth-order valence-corrected chi connectivity index (χ4v) is 4.68. The Hall–Kier alpha value is -3.57. The number of ketones is 1. The molecule has 2 aliphatic heterocycles. The second kappa shape index (κ2) is 14.0. The summed E-state index contributed by atoms with van der Waals surface area (Å²) in [6.07, 6.45) is 8.32. The number of oxazole rings is 1. The van der Waals surface area contributed by atoms with Gasteiger partial charge in [-0.15, -0.1) is 0 Å². The number of hydrogen-bond acceptors (Lipinski definition) is 9. The van der Waals surface area contributed by atoms with E-state index in [1.807, 2.05) is 13.8 Å². The number of ether oxygens (including phenoxy) is 1. The van der Waals surface area contributed by atoms with Crippen molar-refractivity contribution in [1.82, 2.24) is 15.2 Å². The number of Topliss-reactive ketones (excluding diaryl/α,β-unsaturated/α-hetero) is 1. The van der Waals surface area contributed by atoms with E-state index < -0.39 is 30.1 Å². The molecule has 212 valence electrons. The van der Waals surface area contributed by atoms with Crippen molar-refractivity contribution in [3.05, 3.63) is 53.8 Å². The maximum atomic E-state index is 13.2. The second-order valence-corrected chi connectivity index (χ2v) is 10.2. The van der Waals surface area contributed by atoms with E-state index in [0.29, 0.717) is 19.4 Å². The van der Waals surface area contributed by atoms with Crippen molar-refractivity contribution in [2.24, 2.45) is 17.6 Å². The highest BCUT2D eigenvalue weighted by molar-refractivity contribution is 5.95. The number of fused-ring (bicyclic) bond motifs is 3. The molecule has 3 heterocycles. The van der Waals surface area contributed by atoms with Crippen LogP contribution in [0.25, 0.3) is 0 Å². The third kappa shape index (κ3) is 8.46. The van der Waals surface area contributed by atoms with Crippen LogP contribution in [0.4, 0.5) is 0 Å². The molecular formula is C28H38N4O7. The van der Waals surface area contributed by atoms with Crippen molar-refractivity contribution in [1.29, 1.82) is 0 Å². The van der Waals surface area contributed by atoms with Gasteiger partial charge in [-0.25, -0.2) is 9.78 Å². The Balaban J connectivity index is 1.87. The molecule has 2 aliphatic rings. The topological polar surface area (TPSA) is 165 Å².